The Morgan fingerprint density at radius 3 is 2.88 bits per heavy atom. The molecule has 0 aliphatic carbocycles. The van der Waals surface area contributed by atoms with Gasteiger partial charge in [0, 0.05) is 6.07 Å². The molecule has 0 aliphatic rings. The predicted octanol–water partition coefficient (Wildman–Crippen LogP) is 2.02. The number of hydrogen-bond acceptors (Lipinski definition) is 5. The lowest BCUT2D eigenvalue weighted by Crippen LogP contribution is -1.95. The quantitative estimate of drug-likeness (QED) is 0.646. The van der Waals surface area contributed by atoms with Crippen LogP contribution in [0.1, 0.15) is 11.5 Å². The Morgan fingerprint density at radius 2 is 2.29 bits per heavy atom. The Kier molecular flexibility index (Phi) is 2.88. The number of rotatable bonds is 3. The van der Waals surface area contributed by atoms with Crippen molar-refractivity contribution >= 4 is 5.69 Å². The molecular formula is C11H11N3O3. The van der Waals surface area contributed by atoms with Gasteiger partial charge in [0.15, 0.2) is 5.76 Å². The van der Waals surface area contributed by atoms with Crippen LogP contribution in [0.2, 0.25) is 0 Å². The second kappa shape index (κ2) is 4.34. The highest BCUT2D eigenvalue weighted by molar-refractivity contribution is 5.69. The number of nitro groups is 1. The molecular weight excluding hydrogens is 222 g/mol. The normalized spacial score (nSPS) is 10.5. The second-order valence-electron chi connectivity index (χ2n) is 3.60. The summed E-state index contributed by atoms with van der Waals surface area (Å²) in [6, 6.07) is 4.83. The van der Waals surface area contributed by atoms with Crippen LogP contribution in [0.25, 0.3) is 11.3 Å². The van der Waals surface area contributed by atoms with Gasteiger partial charge in [-0.25, -0.2) is 4.98 Å². The molecule has 1 heterocycles. The molecule has 0 aliphatic heterocycles. The van der Waals surface area contributed by atoms with Gasteiger partial charge in [0.1, 0.15) is 0 Å². The van der Waals surface area contributed by atoms with E-state index in [4.69, 9.17) is 10.2 Å². The number of aryl methyl sites for hydroxylation is 1. The standard InChI is InChI=1S/C11H11N3O3/c1-7-2-3-9(14(15)16)8(4-7)10-6-13-11(5-12)17-10/h2-4,6H,5,12H2,1H3. The van der Waals surface area contributed by atoms with Gasteiger partial charge in [0.2, 0.25) is 5.89 Å². The van der Waals surface area contributed by atoms with Crippen LogP contribution in [0.15, 0.2) is 28.8 Å². The van der Waals surface area contributed by atoms with Crippen molar-refractivity contribution < 1.29 is 9.34 Å². The third kappa shape index (κ3) is 2.16. The summed E-state index contributed by atoms with van der Waals surface area (Å²) in [7, 11) is 0. The zero-order valence-electron chi connectivity index (χ0n) is 9.21. The van der Waals surface area contributed by atoms with Crippen LogP contribution in [0.3, 0.4) is 0 Å². The molecule has 17 heavy (non-hydrogen) atoms. The Morgan fingerprint density at radius 1 is 1.53 bits per heavy atom. The van der Waals surface area contributed by atoms with E-state index in [1.54, 1.807) is 12.1 Å². The summed E-state index contributed by atoms with van der Waals surface area (Å²) in [5, 5.41) is 10.9. The predicted molar refractivity (Wildman–Crippen MR) is 61.2 cm³/mol. The summed E-state index contributed by atoms with van der Waals surface area (Å²) >= 11 is 0. The summed E-state index contributed by atoms with van der Waals surface area (Å²) in [5.74, 6) is 0.719. The maximum atomic E-state index is 10.9. The summed E-state index contributed by atoms with van der Waals surface area (Å²) in [5.41, 5.74) is 6.71. The zero-order valence-corrected chi connectivity index (χ0v) is 9.21. The Labute approximate surface area is 97.2 Å². The summed E-state index contributed by atoms with van der Waals surface area (Å²) in [6.07, 6.45) is 1.45. The molecule has 1 aromatic carbocycles. The first-order chi connectivity index (χ1) is 8.11. The first kappa shape index (κ1) is 11.3. The molecule has 2 rings (SSSR count). The van der Waals surface area contributed by atoms with E-state index in [-0.39, 0.29) is 12.2 Å². The zero-order chi connectivity index (χ0) is 12.4. The van der Waals surface area contributed by atoms with Gasteiger partial charge in [0.25, 0.3) is 5.69 Å². The monoisotopic (exact) mass is 233 g/mol. The molecule has 0 spiro atoms. The largest absolute Gasteiger partial charge is 0.439 e. The van der Waals surface area contributed by atoms with Gasteiger partial charge >= 0.3 is 0 Å². The van der Waals surface area contributed by atoms with E-state index in [0.29, 0.717) is 17.2 Å². The van der Waals surface area contributed by atoms with Crippen molar-refractivity contribution in [3.63, 3.8) is 0 Å². The van der Waals surface area contributed by atoms with E-state index in [9.17, 15) is 10.1 Å². The number of nitrogens with two attached hydrogens (primary N) is 1. The van der Waals surface area contributed by atoms with Crippen LogP contribution in [0.4, 0.5) is 5.69 Å². The van der Waals surface area contributed by atoms with E-state index >= 15 is 0 Å². The smallest absolute Gasteiger partial charge is 0.280 e. The lowest BCUT2D eigenvalue weighted by Gasteiger charge is -2.00. The average Bonchev–Trinajstić information content (AvgIpc) is 2.76. The minimum absolute atomic E-state index is 0.00433. The lowest BCUT2D eigenvalue weighted by molar-refractivity contribution is -0.384. The Bertz CT molecular complexity index is 563. The third-order valence-electron chi connectivity index (χ3n) is 2.34. The highest BCUT2D eigenvalue weighted by Gasteiger charge is 2.18. The SMILES string of the molecule is Cc1ccc([N+](=O)[O-])c(-c2cnc(CN)o2)c1. The minimum atomic E-state index is -0.445. The fraction of sp³-hybridized carbons (Fsp3) is 0.182. The Hall–Kier alpha value is -2.21. The fourth-order valence-electron chi connectivity index (χ4n) is 1.54. The van der Waals surface area contributed by atoms with Crippen LogP contribution >= 0.6 is 0 Å². The molecule has 2 N–H and O–H groups in total. The molecule has 0 saturated heterocycles. The average molecular weight is 233 g/mol. The van der Waals surface area contributed by atoms with Gasteiger partial charge in [-0.1, -0.05) is 6.07 Å². The number of hydrogen-bond donors (Lipinski definition) is 1. The fourth-order valence-corrected chi connectivity index (χ4v) is 1.54. The highest BCUT2D eigenvalue weighted by atomic mass is 16.6. The van der Waals surface area contributed by atoms with Crippen molar-refractivity contribution in [1.82, 2.24) is 4.98 Å². The molecule has 0 bridgehead atoms. The molecule has 0 fully saturated rings. The summed E-state index contributed by atoms with van der Waals surface area (Å²) in [6.45, 7) is 2.02. The molecule has 6 nitrogen and oxygen atoms in total. The Balaban J connectivity index is 2.56. The van der Waals surface area contributed by atoms with Crippen LogP contribution in [0.5, 0.6) is 0 Å². The van der Waals surface area contributed by atoms with Crippen molar-refractivity contribution in [2.24, 2.45) is 5.73 Å². The van der Waals surface area contributed by atoms with Gasteiger partial charge in [-0.3, -0.25) is 10.1 Å². The molecule has 2 aromatic rings. The number of nitrogens with zero attached hydrogens (tertiary/aromatic N) is 2. The van der Waals surface area contributed by atoms with Gasteiger partial charge in [-0.15, -0.1) is 0 Å². The summed E-state index contributed by atoms with van der Waals surface area (Å²) < 4.78 is 5.32. The van der Waals surface area contributed by atoms with Crippen molar-refractivity contribution in [2.45, 2.75) is 13.5 Å². The second-order valence-corrected chi connectivity index (χ2v) is 3.60. The van der Waals surface area contributed by atoms with E-state index in [2.05, 4.69) is 4.98 Å². The highest BCUT2D eigenvalue weighted by Crippen LogP contribution is 2.31. The molecule has 6 heteroatoms. The molecule has 1 aromatic heterocycles. The number of aromatic nitrogens is 1. The molecule has 0 radical (unpaired) electrons. The van der Waals surface area contributed by atoms with Crippen molar-refractivity contribution in [3.05, 3.63) is 46.0 Å². The van der Waals surface area contributed by atoms with Gasteiger partial charge in [-0.05, 0) is 18.6 Å². The third-order valence-corrected chi connectivity index (χ3v) is 2.34. The maximum Gasteiger partial charge on any atom is 0.280 e. The van der Waals surface area contributed by atoms with Crippen LogP contribution < -0.4 is 5.73 Å². The minimum Gasteiger partial charge on any atom is -0.439 e. The molecule has 0 amide bonds. The molecule has 0 unspecified atom stereocenters. The number of benzene rings is 1. The topological polar surface area (TPSA) is 95.2 Å². The maximum absolute atomic E-state index is 10.9. The van der Waals surface area contributed by atoms with Crippen LogP contribution in [-0.2, 0) is 6.54 Å². The first-order valence-corrected chi connectivity index (χ1v) is 5.02. The van der Waals surface area contributed by atoms with Crippen LogP contribution in [0, 0.1) is 17.0 Å². The first-order valence-electron chi connectivity index (χ1n) is 5.02. The molecule has 88 valence electrons. The van der Waals surface area contributed by atoms with Gasteiger partial charge in [0.05, 0.1) is 23.2 Å². The molecule has 0 saturated carbocycles. The van der Waals surface area contributed by atoms with Crippen molar-refractivity contribution in [2.75, 3.05) is 0 Å². The lowest BCUT2D eigenvalue weighted by atomic mass is 10.1. The van der Waals surface area contributed by atoms with E-state index in [0.717, 1.165) is 5.56 Å². The van der Waals surface area contributed by atoms with Crippen molar-refractivity contribution in [1.29, 1.82) is 0 Å². The molecule has 0 atom stereocenters. The van der Waals surface area contributed by atoms with Gasteiger partial charge in [-0.2, -0.15) is 0 Å². The summed E-state index contributed by atoms with van der Waals surface area (Å²) in [4.78, 5) is 14.4. The van der Waals surface area contributed by atoms with Crippen LogP contribution in [-0.4, -0.2) is 9.91 Å². The van der Waals surface area contributed by atoms with E-state index in [1.165, 1.54) is 12.3 Å². The number of oxazole rings is 1. The van der Waals surface area contributed by atoms with Gasteiger partial charge < -0.3 is 10.2 Å². The number of nitro benzene ring substituents is 1. The van der Waals surface area contributed by atoms with E-state index in [1.807, 2.05) is 6.92 Å². The van der Waals surface area contributed by atoms with E-state index < -0.39 is 4.92 Å². The van der Waals surface area contributed by atoms with Crippen molar-refractivity contribution in [3.8, 4) is 11.3 Å².